The second-order valence-corrected chi connectivity index (χ2v) is 5.28. The van der Waals surface area contributed by atoms with Crippen molar-refractivity contribution in [1.82, 2.24) is 0 Å². The number of rotatable bonds is 4. The zero-order valence-corrected chi connectivity index (χ0v) is 12.6. The maximum absolute atomic E-state index is 6.53. The Labute approximate surface area is 128 Å². The molecule has 1 nitrogen and oxygen atoms in total. The van der Waals surface area contributed by atoms with Gasteiger partial charge in [-0.2, -0.15) is 0 Å². The Balaban J connectivity index is 2.43. The van der Waals surface area contributed by atoms with Gasteiger partial charge in [0, 0.05) is 15.6 Å². The topological polar surface area (TPSA) is 9.23 Å². The van der Waals surface area contributed by atoms with Crippen molar-refractivity contribution in [3.63, 3.8) is 0 Å². The minimum Gasteiger partial charge on any atom is -0.494 e. The van der Waals surface area contributed by atoms with Gasteiger partial charge in [-0.3, -0.25) is 0 Å². The van der Waals surface area contributed by atoms with Gasteiger partial charge < -0.3 is 4.74 Å². The van der Waals surface area contributed by atoms with Gasteiger partial charge in [-0.15, -0.1) is 11.6 Å². The molecular weight excluding hydrogens is 303 g/mol. The first kappa shape index (κ1) is 14.5. The van der Waals surface area contributed by atoms with Gasteiger partial charge in [0.1, 0.15) is 5.75 Å². The van der Waals surface area contributed by atoms with Crippen molar-refractivity contribution in [3.05, 3.63) is 63.6 Å². The predicted octanol–water partition coefficient (Wildman–Crippen LogP) is 5.72. The molecule has 0 bridgehead atoms. The highest BCUT2D eigenvalue weighted by atomic mass is 35.5. The maximum atomic E-state index is 6.53. The molecule has 19 heavy (non-hydrogen) atoms. The summed E-state index contributed by atoms with van der Waals surface area (Å²) in [6.45, 7) is 2.52. The van der Waals surface area contributed by atoms with Crippen molar-refractivity contribution in [3.8, 4) is 5.75 Å². The van der Waals surface area contributed by atoms with Crippen molar-refractivity contribution in [2.45, 2.75) is 12.3 Å². The third kappa shape index (κ3) is 3.36. The monoisotopic (exact) mass is 314 g/mol. The fourth-order valence-electron chi connectivity index (χ4n) is 1.85. The molecule has 0 aliphatic carbocycles. The van der Waals surface area contributed by atoms with Gasteiger partial charge in [-0.05, 0) is 36.8 Å². The molecule has 1 atom stereocenters. The second-order valence-electron chi connectivity index (χ2n) is 4.00. The number of hydrogen-bond donors (Lipinski definition) is 0. The largest absolute Gasteiger partial charge is 0.494 e. The number of halogens is 3. The molecule has 0 aromatic heterocycles. The van der Waals surface area contributed by atoms with E-state index in [1.165, 1.54) is 0 Å². The van der Waals surface area contributed by atoms with Gasteiger partial charge in [0.25, 0.3) is 0 Å². The molecule has 2 rings (SSSR count). The van der Waals surface area contributed by atoms with Gasteiger partial charge in [0.15, 0.2) is 0 Å². The van der Waals surface area contributed by atoms with Crippen LogP contribution in [0.1, 0.15) is 23.4 Å². The van der Waals surface area contributed by atoms with E-state index in [1.807, 2.05) is 31.2 Å². The molecule has 4 heteroatoms. The molecule has 0 aliphatic rings. The molecule has 1 unspecified atom stereocenters. The second kappa shape index (κ2) is 6.51. The third-order valence-corrected chi connectivity index (χ3v) is 3.77. The number of alkyl halides is 1. The summed E-state index contributed by atoms with van der Waals surface area (Å²) >= 11 is 18.7. The van der Waals surface area contributed by atoms with Crippen LogP contribution in [0.15, 0.2) is 42.5 Å². The van der Waals surface area contributed by atoms with Crippen LogP contribution in [0.25, 0.3) is 0 Å². The number of para-hydroxylation sites is 1. The molecule has 0 heterocycles. The molecule has 0 aliphatic heterocycles. The van der Waals surface area contributed by atoms with E-state index in [0.29, 0.717) is 16.7 Å². The third-order valence-electron chi connectivity index (χ3n) is 2.72. The van der Waals surface area contributed by atoms with Crippen LogP contribution < -0.4 is 4.74 Å². The fourth-order valence-corrected chi connectivity index (χ4v) is 2.68. The summed E-state index contributed by atoms with van der Waals surface area (Å²) in [4.78, 5) is 0. The van der Waals surface area contributed by atoms with E-state index in [4.69, 9.17) is 39.5 Å². The van der Waals surface area contributed by atoms with Crippen LogP contribution in [-0.4, -0.2) is 6.61 Å². The lowest BCUT2D eigenvalue weighted by atomic mass is 10.0. The van der Waals surface area contributed by atoms with Gasteiger partial charge in [-0.25, -0.2) is 0 Å². The molecule has 0 spiro atoms. The SMILES string of the molecule is CCOc1ccccc1C(Cl)c1cc(Cl)ccc1Cl. The van der Waals surface area contributed by atoms with Gasteiger partial charge >= 0.3 is 0 Å². The summed E-state index contributed by atoms with van der Waals surface area (Å²) in [6.07, 6.45) is 0. The Morgan fingerprint density at radius 3 is 2.53 bits per heavy atom. The Kier molecular flexibility index (Phi) is 4.98. The first-order chi connectivity index (χ1) is 9.13. The van der Waals surface area contributed by atoms with E-state index >= 15 is 0 Å². The van der Waals surface area contributed by atoms with Crippen LogP contribution in [-0.2, 0) is 0 Å². The van der Waals surface area contributed by atoms with Gasteiger partial charge in [-0.1, -0.05) is 41.4 Å². The van der Waals surface area contributed by atoms with Crippen LogP contribution in [0.2, 0.25) is 10.0 Å². The Morgan fingerprint density at radius 1 is 1.05 bits per heavy atom. The lowest BCUT2D eigenvalue weighted by molar-refractivity contribution is 0.337. The lowest BCUT2D eigenvalue weighted by Gasteiger charge is -2.16. The number of ether oxygens (including phenoxy) is 1. The quantitative estimate of drug-likeness (QED) is 0.656. The molecule has 0 saturated heterocycles. The molecule has 2 aromatic carbocycles. The molecule has 0 amide bonds. The smallest absolute Gasteiger partial charge is 0.124 e. The Bertz CT molecular complexity index is 569. The highest BCUT2D eigenvalue weighted by molar-refractivity contribution is 6.35. The zero-order chi connectivity index (χ0) is 13.8. The van der Waals surface area contributed by atoms with Crippen molar-refractivity contribution < 1.29 is 4.74 Å². The molecule has 2 aromatic rings. The predicted molar refractivity (Wildman–Crippen MR) is 81.8 cm³/mol. The minimum atomic E-state index is -0.394. The highest BCUT2D eigenvalue weighted by Crippen LogP contribution is 2.39. The van der Waals surface area contributed by atoms with Crippen LogP contribution in [0.3, 0.4) is 0 Å². The van der Waals surface area contributed by atoms with Crippen molar-refractivity contribution in [2.24, 2.45) is 0 Å². The maximum Gasteiger partial charge on any atom is 0.124 e. The molecular formula is C15H13Cl3O. The Hall–Kier alpha value is -0.890. The van der Waals surface area contributed by atoms with Crippen molar-refractivity contribution >= 4 is 34.8 Å². The summed E-state index contributed by atoms with van der Waals surface area (Å²) in [5.41, 5.74) is 1.66. The van der Waals surface area contributed by atoms with Crippen LogP contribution in [0, 0.1) is 0 Å². The van der Waals surface area contributed by atoms with E-state index < -0.39 is 5.38 Å². The normalized spacial score (nSPS) is 12.2. The van der Waals surface area contributed by atoms with Crippen LogP contribution >= 0.6 is 34.8 Å². The van der Waals surface area contributed by atoms with Crippen molar-refractivity contribution in [1.29, 1.82) is 0 Å². The minimum absolute atomic E-state index is 0.394. The van der Waals surface area contributed by atoms with E-state index in [0.717, 1.165) is 16.9 Å². The van der Waals surface area contributed by atoms with Crippen LogP contribution in [0.4, 0.5) is 0 Å². The summed E-state index contributed by atoms with van der Waals surface area (Å²) in [5, 5.41) is 0.809. The van der Waals surface area contributed by atoms with Gasteiger partial charge in [0.2, 0.25) is 0 Å². The van der Waals surface area contributed by atoms with E-state index in [2.05, 4.69) is 0 Å². The van der Waals surface area contributed by atoms with E-state index in [9.17, 15) is 0 Å². The van der Waals surface area contributed by atoms with E-state index in [1.54, 1.807) is 18.2 Å². The fraction of sp³-hybridized carbons (Fsp3) is 0.200. The number of hydrogen-bond acceptors (Lipinski definition) is 1. The molecule has 0 saturated carbocycles. The molecule has 0 fully saturated rings. The average Bonchev–Trinajstić information content (AvgIpc) is 2.42. The zero-order valence-electron chi connectivity index (χ0n) is 10.4. The average molecular weight is 316 g/mol. The molecule has 0 radical (unpaired) electrons. The molecule has 0 N–H and O–H groups in total. The Morgan fingerprint density at radius 2 is 1.79 bits per heavy atom. The highest BCUT2D eigenvalue weighted by Gasteiger charge is 2.18. The lowest BCUT2D eigenvalue weighted by Crippen LogP contribution is -2.00. The summed E-state index contributed by atoms with van der Waals surface area (Å²) in [5.74, 6) is 0.765. The van der Waals surface area contributed by atoms with E-state index in [-0.39, 0.29) is 0 Å². The summed E-state index contributed by atoms with van der Waals surface area (Å²) in [6, 6.07) is 12.9. The standard InChI is InChI=1S/C15H13Cl3O/c1-2-19-14-6-4-3-5-11(14)15(18)12-9-10(16)7-8-13(12)17/h3-9,15H,2H2,1H3. The summed E-state index contributed by atoms with van der Waals surface area (Å²) < 4.78 is 5.59. The van der Waals surface area contributed by atoms with Gasteiger partial charge in [0.05, 0.1) is 12.0 Å². The summed E-state index contributed by atoms with van der Waals surface area (Å²) in [7, 11) is 0. The first-order valence-electron chi connectivity index (χ1n) is 5.94. The molecule has 100 valence electrons. The van der Waals surface area contributed by atoms with Crippen LogP contribution in [0.5, 0.6) is 5.75 Å². The van der Waals surface area contributed by atoms with Crippen molar-refractivity contribution in [2.75, 3.05) is 6.61 Å². The number of benzene rings is 2. The first-order valence-corrected chi connectivity index (χ1v) is 7.13.